The highest BCUT2D eigenvalue weighted by Crippen LogP contribution is 2.29. The first-order chi connectivity index (χ1) is 10.5. The van der Waals surface area contributed by atoms with E-state index in [9.17, 15) is 19.5 Å². The minimum Gasteiger partial charge on any atom is -0.481 e. The van der Waals surface area contributed by atoms with Crippen LogP contribution in [0.25, 0.3) is 0 Å². The Morgan fingerprint density at radius 3 is 2.09 bits per heavy atom. The Bertz CT molecular complexity index is 624. The van der Waals surface area contributed by atoms with E-state index in [1.165, 1.54) is 6.92 Å². The van der Waals surface area contributed by atoms with Crippen molar-refractivity contribution in [2.24, 2.45) is 11.8 Å². The summed E-state index contributed by atoms with van der Waals surface area (Å²) in [6.07, 6.45) is 4.35. The van der Waals surface area contributed by atoms with Gasteiger partial charge in [0.05, 0.1) is 23.2 Å². The Morgan fingerprint density at radius 1 is 1.00 bits per heavy atom. The van der Waals surface area contributed by atoms with E-state index in [4.69, 9.17) is 0 Å². The highest BCUT2D eigenvalue weighted by Gasteiger charge is 2.34. The normalized spacial score (nSPS) is 20.2. The van der Waals surface area contributed by atoms with Crippen LogP contribution in [0.5, 0.6) is 0 Å². The predicted octanol–water partition coefficient (Wildman–Crippen LogP) is 2.25. The van der Waals surface area contributed by atoms with E-state index in [-0.39, 0.29) is 11.8 Å². The molecule has 2 atom stereocenters. The average Bonchev–Trinajstić information content (AvgIpc) is 2.48. The van der Waals surface area contributed by atoms with Gasteiger partial charge in [-0.2, -0.15) is 0 Å². The number of nitrogens with one attached hydrogen (secondary N) is 2. The van der Waals surface area contributed by atoms with Crippen LogP contribution in [-0.4, -0.2) is 22.9 Å². The molecule has 1 aliphatic carbocycles. The molecule has 0 bridgehead atoms. The molecule has 0 heterocycles. The van der Waals surface area contributed by atoms with Gasteiger partial charge in [0.15, 0.2) is 0 Å². The van der Waals surface area contributed by atoms with Crippen LogP contribution in [0.3, 0.4) is 0 Å². The molecule has 22 heavy (non-hydrogen) atoms. The zero-order chi connectivity index (χ0) is 16.1. The van der Waals surface area contributed by atoms with Crippen LogP contribution < -0.4 is 10.6 Å². The van der Waals surface area contributed by atoms with Gasteiger partial charge >= 0.3 is 5.97 Å². The van der Waals surface area contributed by atoms with Gasteiger partial charge in [0, 0.05) is 6.92 Å². The third-order valence-electron chi connectivity index (χ3n) is 3.58. The van der Waals surface area contributed by atoms with Crippen molar-refractivity contribution in [3.63, 3.8) is 0 Å². The molecule has 1 aromatic carbocycles. The minimum absolute atomic E-state index is 0.245. The summed E-state index contributed by atoms with van der Waals surface area (Å²) in [5.74, 6) is -2.91. The van der Waals surface area contributed by atoms with Gasteiger partial charge in [0.1, 0.15) is 0 Å². The Hall–Kier alpha value is -2.63. The highest BCUT2D eigenvalue weighted by atomic mass is 16.4. The quantitative estimate of drug-likeness (QED) is 0.743. The number of allylic oxidation sites excluding steroid dienone is 2. The van der Waals surface area contributed by atoms with Gasteiger partial charge < -0.3 is 15.7 Å². The Balaban J connectivity index is 2.16. The topological polar surface area (TPSA) is 95.5 Å². The number of benzene rings is 1. The fraction of sp³-hybridized carbons (Fsp3) is 0.312. The third-order valence-corrected chi connectivity index (χ3v) is 3.58. The van der Waals surface area contributed by atoms with Crippen molar-refractivity contribution in [2.75, 3.05) is 10.6 Å². The van der Waals surface area contributed by atoms with Crippen molar-refractivity contribution in [1.29, 1.82) is 0 Å². The second-order valence-electron chi connectivity index (χ2n) is 5.21. The molecule has 6 nitrogen and oxygen atoms in total. The summed E-state index contributed by atoms with van der Waals surface area (Å²) in [7, 11) is 0. The minimum atomic E-state index is -0.973. The van der Waals surface area contributed by atoms with E-state index in [0.29, 0.717) is 24.2 Å². The lowest BCUT2D eigenvalue weighted by molar-refractivity contribution is -0.146. The van der Waals surface area contributed by atoms with E-state index in [1.807, 2.05) is 6.08 Å². The summed E-state index contributed by atoms with van der Waals surface area (Å²) in [6, 6.07) is 6.81. The highest BCUT2D eigenvalue weighted by molar-refractivity contribution is 6.00. The average molecular weight is 302 g/mol. The van der Waals surface area contributed by atoms with Gasteiger partial charge in [-0.3, -0.25) is 14.4 Å². The molecule has 6 heteroatoms. The fourth-order valence-corrected chi connectivity index (χ4v) is 2.49. The van der Waals surface area contributed by atoms with Crippen LogP contribution in [0.2, 0.25) is 0 Å². The SMILES string of the molecule is CC(=O)Nc1ccccc1NC(=O)[C@H]1CC=CC[C@@H]1C(=O)O. The monoisotopic (exact) mass is 302 g/mol. The number of carboxylic acids is 1. The van der Waals surface area contributed by atoms with Crippen molar-refractivity contribution in [2.45, 2.75) is 19.8 Å². The van der Waals surface area contributed by atoms with E-state index >= 15 is 0 Å². The molecule has 1 aliphatic rings. The lowest BCUT2D eigenvalue weighted by Crippen LogP contribution is -2.34. The first-order valence-corrected chi connectivity index (χ1v) is 7.04. The molecule has 1 aromatic rings. The molecule has 116 valence electrons. The van der Waals surface area contributed by atoms with E-state index in [1.54, 1.807) is 30.3 Å². The van der Waals surface area contributed by atoms with Crippen molar-refractivity contribution in [1.82, 2.24) is 0 Å². The van der Waals surface area contributed by atoms with Gasteiger partial charge in [-0.05, 0) is 25.0 Å². The Morgan fingerprint density at radius 2 is 1.55 bits per heavy atom. The van der Waals surface area contributed by atoms with Gasteiger partial charge in [0.2, 0.25) is 11.8 Å². The maximum atomic E-state index is 12.4. The van der Waals surface area contributed by atoms with Crippen LogP contribution in [0, 0.1) is 11.8 Å². The number of aliphatic carboxylic acids is 1. The first-order valence-electron chi connectivity index (χ1n) is 7.04. The maximum absolute atomic E-state index is 12.4. The first kappa shape index (κ1) is 15.8. The van der Waals surface area contributed by atoms with Gasteiger partial charge in [-0.15, -0.1) is 0 Å². The van der Waals surface area contributed by atoms with Crippen LogP contribution in [-0.2, 0) is 14.4 Å². The second kappa shape index (κ2) is 6.89. The molecular formula is C16H18N2O4. The number of hydrogen-bond acceptors (Lipinski definition) is 3. The van der Waals surface area contributed by atoms with Crippen LogP contribution in [0.15, 0.2) is 36.4 Å². The molecule has 0 aromatic heterocycles. The van der Waals surface area contributed by atoms with Crippen molar-refractivity contribution < 1.29 is 19.5 Å². The van der Waals surface area contributed by atoms with Gasteiger partial charge in [0.25, 0.3) is 0 Å². The Labute approximate surface area is 128 Å². The Kier molecular flexibility index (Phi) is 4.93. The molecule has 0 spiro atoms. The molecule has 0 aliphatic heterocycles. The number of carbonyl (C=O) groups is 3. The predicted molar refractivity (Wildman–Crippen MR) is 82.4 cm³/mol. The summed E-state index contributed by atoms with van der Waals surface area (Å²) >= 11 is 0. The van der Waals surface area contributed by atoms with Crippen molar-refractivity contribution in [3.05, 3.63) is 36.4 Å². The van der Waals surface area contributed by atoms with Gasteiger partial charge in [-0.25, -0.2) is 0 Å². The molecule has 0 radical (unpaired) electrons. The van der Waals surface area contributed by atoms with E-state index in [0.717, 1.165) is 0 Å². The number of rotatable bonds is 4. The molecule has 2 rings (SSSR count). The smallest absolute Gasteiger partial charge is 0.307 e. The van der Waals surface area contributed by atoms with E-state index < -0.39 is 17.8 Å². The standard InChI is InChI=1S/C16H18N2O4/c1-10(19)17-13-8-4-5-9-14(13)18-15(20)11-6-2-3-7-12(11)16(21)22/h2-5,8-9,11-12H,6-7H2,1H3,(H,17,19)(H,18,20)(H,21,22)/t11-,12-/m0/s1. The number of carboxylic acid groups (broad SMARTS) is 1. The lowest BCUT2D eigenvalue weighted by Gasteiger charge is -2.24. The summed E-state index contributed by atoms with van der Waals surface area (Å²) < 4.78 is 0. The number of anilines is 2. The number of para-hydroxylation sites is 2. The number of amides is 2. The zero-order valence-electron chi connectivity index (χ0n) is 12.2. The van der Waals surface area contributed by atoms with Crippen LogP contribution >= 0.6 is 0 Å². The largest absolute Gasteiger partial charge is 0.481 e. The lowest BCUT2D eigenvalue weighted by atomic mass is 9.82. The second-order valence-corrected chi connectivity index (χ2v) is 5.21. The summed E-state index contributed by atoms with van der Waals surface area (Å²) in [5, 5.41) is 14.6. The molecule has 2 amide bonds. The third kappa shape index (κ3) is 3.72. The van der Waals surface area contributed by atoms with Crippen LogP contribution in [0.1, 0.15) is 19.8 Å². The van der Waals surface area contributed by atoms with Gasteiger partial charge in [-0.1, -0.05) is 24.3 Å². The maximum Gasteiger partial charge on any atom is 0.307 e. The molecule has 0 unspecified atom stereocenters. The summed E-state index contributed by atoms with van der Waals surface area (Å²) in [4.78, 5) is 34.8. The molecular weight excluding hydrogens is 284 g/mol. The van der Waals surface area contributed by atoms with Crippen LogP contribution in [0.4, 0.5) is 11.4 Å². The molecule has 0 saturated carbocycles. The number of carbonyl (C=O) groups excluding carboxylic acids is 2. The van der Waals surface area contributed by atoms with Crippen molar-refractivity contribution >= 4 is 29.2 Å². The van der Waals surface area contributed by atoms with E-state index in [2.05, 4.69) is 10.6 Å². The molecule has 0 saturated heterocycles. The summed E-state index contributed by atoms with van der Waals surface area (Å²) in [6.45, 7) is 1.38. The molecule has 3 N–H and O–H groups in total. The fourth-order valence-electron chi connectivity index (χ4n) is 2.49. The van der Waals surface area contributed by atoms with Crippen molar-refractivity contribution in [3.8, 4) is 0 Å². The number of hydrogen-bond donors (Lipinski definition) is 3. The summed E-state index contributed by atoms with van der Waals surface area (Å²) in [5.41, 5.74) is 0.947. The molecule has 0 fully saturated rings. The zero-order valence-corrected chi connectivity index (χ0v) is 12.2.